The Kier molecular flexibility index (Phi) is 6.34. The van der Waals surface area contributed by atoms with Gasteiger partial charge in [-0.1, -0.05) is 6.07 Å². The zero-order chi connectivity index (χ0) is 23.6. The minimum Gasteiger partial charge on any atom is -0.483 e. The summed E-state index contributed by atoms with van der Waals surface area (Å²) in [4.78, 5) is 26.8. The molecule has 2 N–H and O–H groups in total. The SMILES string of the molecule is CN1CCC[C@@H]1Cc1cn(S(=O)(=O)c2cccc3c2OCC(=O)N3)c2cccnc12.O=CO. The van der Waals surface area contributed by atoms with Crippen LogP contribution in [0.3, 0.4) is 0 Å². The van der Waals surface area contributed by atoms with Gasteiger partial charge in [0.05, 0.1) is 16.7 Å². The highest BCUT2D eigenvalue weighted by Crippen LogP contribution is 2.37. The van der Waals surface area contributed by atoms with Crippen molar-refractivity contribution in [3.05, 3.63) is 48.3 Å². The van der Waals surface area contributed by atoms with Crippen molar-refractivity contribution in [3.8, 4) is 5.75 Å². The maximum absolute atomic E-state index is 13.6. The van der Waals surface area contributed by atoms with Crippen molar-refractivity contribution < 1.29 is 27.9 Å². The van der Waals surface area contributed by atoms with Gasteiger partial charge < -0.3 is 20.1 Å². The van der Waals surface area contributed by atoms with Gasteiger partial charge in [0.1, 0.15) is 4.90 Å². The van der Waals surface area contributed by atoms with Gasteiger partial charge in [-0.05, 0) is 62.7 Å². The molecule has 1 amide bonds. The fraction of sp³-hybridized carbons (Fsp3) is 0.318. The number of ether oxygens (including phenoxy) is 1. The summed E-state index contributed by atoms with van der Waals surface area (Å²) in [5.74, 6) is -0.143. The summed E-state index contributed by atoms with van der Waals surface area (Å²) in [6.07, 6.45) is 6.34. The van der Waals surface area contributed by atoms with Crippen molar-refractivity contribution >= 4 is 39.1 Å². The smallest absolute Gasteiger partial charge is 0.290 e. The molecular weight excluding hydrogens is 448 g/mol. The van der Waals surface area contributed by atoms with Crippen LogP contribution < -0.4 is 10.1 Å². The number of benzene rings is 1. The number of aromatic nitrogens is 2. The summed E-state index contributed by atoms with van der Waals surface area (Å²) in [5, 5.41) is 9.55. The molecule has 5 rings (SSSR count). The molecule has 0 spiro atoms. The molecule has 3 aromatic rings. The molecular formula is C22H24N4O6S. The summed E-state index contributed by atoms with van der Waals surface area (Å²) < 4.78 is 34.1. The third-order valence-electron chi connectivity index (χ3n) is 5.87. The second kappa shape index (κ2) is 9.20. The molecule has 2 aliphatic rings. The molecule has 1 fully saturated rings. The van der Waals surface area contributed by atoms with Crippen LogP contribution in [0, 0.1) is 0 Å². The normalized spacial score (nSPS) is 18.1. The van der Waals surface area contributed by atoms with Crippen LogP contribution in [0.5, 0.6) is 5.75 Å². The molecule has 1 atom stereocenters. The molecule has 11 heteroatoms. The van der Waals surface area contributed by atoms with Gasteiger partial charge in [-0.2, -0.15) is 0 Å². The number of likely N-dealkylation sites (N-methyl/N-ethyl adjacent to an activating group) is 1. The molecule has 2 aromatic heterocycles. The number of nitrogens with one attached hydrogen (secondary N) is 1. The van der Waals surface area contributed by atoms with E-state index >= 15 is 0 Å². The van der Waals surface area contributed by atoms with E-state index in [0.717, 1.165) is 31.4 Å². The maximum atomic E-state index is 13.6. The van der Waals surface area contributed by atoms with Gasteiger partial charge in [-0.25, -0.2) is 12.4 Å². The van der Waals surface area contributed by atoms with Crippen LogP contribution in [0.1, 0.15) is 18.4 Å². The summed E-state index contributed by atoms with van der Waals surface area (Å²) in [6.45, 7) is 0.584. The van der Waals surface area contributed by atoms with E-state index in [1.807, 2.05) is 0 Å². The third-order valence-corrected chi connectivity index (χ3v) is 7.56. The number of amides is 1. The first-order chi connectivity index (χ1) is 15.9. The average Bonchev–Trinajstić information content (AvgIpc) is 3.38. The Bertz CT molecular complexity index is 1300. The standard InChI is InChI=1S/C21H22N4O4S.CH2O2/c1-24-10-4-5-15(24)11-14-12-25(17-7-3-9-22-20(14)17)30(27,28)18-8-2-6-16-21(18)29-13-19(26)23-16;2-1-3/h2-3,6-9,12,15H,4-5,10-11,13H2,1H3,(H,23,26);1H,(H,2,3)/t15-;/m1./s1. The van der Waals surface area contributed by atoms with Crippen LogP contribution in [0.25, 0.3) is 11.0 Å². The molecule has 4 heterocycles. The van der Waals surface area contributed by atoms with Crippen LogP contribution in [0.2, 0.25) is 0 Å². The van der Waals surface area contributed by atoms with Crippen molar-refractivity contribution in [2.45, 2.75) is 30.2 Å². The number of hydrogen-bond donors (Lipinski definition) is 2. The van der Waals surface area contributed by atoms with Crippen molar-refractivity contribution in [1.82, 2.24) is 13.9 Å². The van der Waals surface area contributed by atoms with Crippen LogP contribution in [-0.2, 0) is 26.0 Å². The van der Waals surface area contributed by atoms with E-state index in [-0.39, 0.29) is 29.6 Å². The topological polar surface area (TPSA) is 131 Å². The second-order valence-electron chi connectivity index (χ2n) is 7.88. The highest BCUT2D eigenvalue weighted by Gasteiger charge is 2.30. The molecule has 1 aromatic carbocycles. The number of carboxylic acid groups (broad SMARTS) is 1. The summed E-state index contributed by atoms with van der Waals surface area (Å²) in [7, 11) is -1.86. The van der Waals surface area contributed by atoms with E-state index in [1.54, 1.807) is 36.7 Å². The number of fused-ring (bicyclic) bond motifs is 2. The quantitative estimate of drug-likeness (QED) is 0.551. The van der Waals surface area contributed by atoms with Crippen LogP contribution in [0.4, 0.5) is 5.69 Å². The Labute approximate surface area is 190 Å². The number of pyridine rings is 1. The fourth-order valence-electron chi connectivity index (χ4n) is 4.33. The molecule has 33 heavy (non-hydrogen) atoms. The molecule has 0 bridgehead atoms. The number of carbonyl (C=O) groups excluding carboxylic acids is 1. The van der Waals surface area contributed by atoms with Gasteiger partial charge in [0.2, 0.25) is 0 Å². The van der Waals surface area contributed by atoms with Crippen LogP contribution in [-0.4, -0.2) is 66.0 Å². The van der Waals surface area contributed by atoms with Gasteiger partial charge in [-0.15, -0.1) is 0 Å². The number of anilines is 1. The first-order valence-corrected chi connectivity index (χ1v) is 11.8. The molecule has 0 aliphatic carbocycles. The summed E-state index contributed by atoms with van der Waals surface area (Å²) in [6, 6.07) is 8.59. The Morgan fingerprint density at radius 1 is 1.30 bits per heavy atom. The van der Waals surface area contributed by atoms with Crippen LogP contribution >= 0.6 is 0 Å². The van der Waals surface area contributed by atoms with Gasteiger partial charge in [0, 0.05) is 18.4 Å². The zero-order valence-corrected chi connectivity index (χ0v) is 18.8. The second-order valence-corrected chi connectivity index (χ2v) is 9.67. The fourth-order valence-corrected chi connectivity index (χ4v) is 5.87. The van der Waals surface area contributed by atoms with Crippen LogP contribution in [0.15, 0.2) is 47.6 Å². The van der Waals surface area contributed by atoms with Gasteiger partial charge in [-0.3, -0.25) is 14.6 Å². The monoisotopic (exact) mass is 472 g/mol. The molecule has 2 aliphatic heterocycles. The minimum absolute atomic E-state index is 0.0188. The van der Waals surface area contributed by atoms with Crippen molar-refractivity contribution in [3.63, 3.8) is 0 Å². The number of hydrogen-bond acceptors (Lipinski definition) is 7. The molecule has 0 radical (unpaired) electrons. The van der Waals surface area contributed by atoms with Crippen molar-refractivity contribution in [1.29, 1.82) is 0 Å². The maximum Gasteiger partial charge on any atom is 0.290 e. The lowest BCUT2D eigenvalue weighted by molar-refractivity contribution is -0.123. The Balaban J connectivity index is 0.000000821. The van der Waals surface area contributed by atoms with Gasteiger partial charge in [0.15, 0.2) is 12.4 Å². The molecule has 0 unspecified atom stereocenters. The largest absolute Gasteiger partial charge is 0.483 e. The Hall–Kier alpha value is -3.44. The number of para-hydroxylation sites is 1. The number of nitrogens with zero attached hydrogens (tertiary/aromatic N) is 3. The Morgan fingerprint density at radius 2 is 2.09 bits per heavy atom. The zero-order valence-electron chi connectivity index (χ0n) is 18.0. The lowest BCUT2D eigenvalue weighted by Gasteiger charge is -2.21. The first kappa shape index (κ1) is 22.7. The predicted molar refractivity (Wildman–Crippen MR) is 121 cm³/mol. The molecule has 1 saturated heterocycles. The van der Waals surface area contributed by atoms with Gasteiger partial charge >= 0.3 is 0 Å². The highest BCUT2D eigenvalue weighted by molar-refractivity contribution is 7.90. The minimum atomic E-state index is -3.96. The lowest BCUT2D eigenvalue weighted by atomic mass is 10.1. The average molecular weight is 473 g/mol. The van der Waals surface area contributed by atoms with E-state index in [1.165, 1.54) is 10.0 Å². The molecule has 0 saturated carbocycles. The van der Waals surface area contributed by atoms with E-state index in [9.17, 15) is 13.2 Å². The van der Waals surface area contributed by atoms with E-state index in [2.05, 4.69) is 22.2 Å². The lowest BCUT2D eigenvalue weighted by Crippen LogP contribution is -2.27. The third kappa shape index (κ3) is 4.29. The van der Waals surface area contributed by atoms with Crippen molar-refractivity contribution in [2.24, 2.45) is 0 Å². The summed E-state index contributed by atoms with van der Waals surface area (Å²) >= 11 is 0. The van der Waals surface area contributed by atoms with Gasteiger partial charge in [0.25, 0.3) is 22.4 Å². The predicted octanol–water partition coefficient (Wildman–Crippen LogP) is 1.94. The Morgan fingerprint density at radius 3 is 2.82 bits per heavy atom. The molecule has 10 nitrogen and oxygen atoms in total. The van der Waals surface area contributed by atoms with E-state index < -0.39 is 10.0 Å². The molecule has 174 valence electrons. The number of carbonyl (C=O) groups is 2. The highest BCUT2D eigenvalue weighted by atomic mass is 32.2. The van der Waals surface area contributed by atoms with Crippen molar-refractivity contribution in [2.75, 3.05) is 25.5 Å². The van der Waals surface area contributed by atoms with E-state index in [4.69, 9.17) is 14.6 Å². The summed E-state index contributed by atoms with van der Waals surface area (Å²) in [5.41, 5.74) is 2.49. The number of likely N-dealkylation sites (tertiary alicyclic amines) is 1. The number of rotatable bonds is 4. The van der Waals surface area contributed by atoms with E-state index in [0.29, 0.717) is 22.8 Å². The first-order valence-electron chi connectivity index (χ1n) is 10.4.